The summed E-state index contributed by atoms with van der Waals surface area (Å²) < 4.78 is 11.6. The van der Waals surface area contributed by atoms with Gasteiger partial charge < -0.3 is 19.3 Å². The molecule has 34 heavy (non-hydrogen) atoms. The summed E-state index contributed by atoms with van der Waals surface area (Å²) in [7, 11) is 2.04. The van der Waals surface area contributed by atoms with Crippen LogP contribution in [-0.2, 0) is 17.8 Å². The zero-order valence-corrected chi connectivity index (χ0v) is 20.6. The average Bonchev–Trinajstić information content (AvgIpc) is 3.55. The number of ether oxygens (including phenoxy) is 1. The molecule has 1 atom stereocenters. The van der Waals surface area contributed by atoms with Gasteiger partial charge >= 0.3 is 0 Å². The minimum atomic E-state index is -0.535. The lowest BCUT2D eigenvalue weighted by Crippen LogP contribution is -2.36. The quantitative estimate of drug-likeness (QED) is 0.386. The second-order valence-electron chi connectivity index (χ2n) is 9.70. The Morgan fingerprint density at radius 2 is 1.71 bits per heavy atom. The molecule has 2 aromatic carbocycles. The second kappa shape index (κ2) is 11.6. The lowest BCUT2D eigenvalue weighted by Gasteiger charge is -2.26. The van der Waals surface area contributed by atoms with Crippen molar-refractivity contribution in [2.75, 3.05) is 31.6 Å². The molecular weight excluding hydrogens is 426 g/mol. The first-order valence-electron chi connectivity index (χ1n) is 12.3. The minimum Gasteiger partial charge on any atom is -0.389 e. The summed E-state index contributed by atoms with van der Waals surface area (Å²) >= 11 is 0. The summed E-state index contributed by atoms with van der Waals surface area (Å²) in [5.74, 6) is 1.47. The van der Waals surface area contributed by atoms with Gasteiger partial charge in [0.1, 0.15) is 5.69 Å². The Balaban J connectivity index is 1.59. The van der Waals surface area contributed by atoms with Crippen molar-refractivity contribution in [3.05, 3.63) is 71.8 Å². The van der Waals surface area contributed by atoms with Gasteiger partial charge in [0, 0.05) is 38.8 Å². The molecule has 3 aromatic rings. The van der Waals surface area contributed by atoms with Gasteiger partial charge in [0.05, 0.1) is 24.4 Å². The van der Waals surface area contributed by atoms with Crippen molar-refractivity contribution >= 4 is 5.88 Å². The molecule has 1 aromatic heterocycles. The van der Waals surface area contributed by atoms with Crippen LogP contribution in [-0.4, -0.2) is 54.1 Å². The average molecular weight is 464 g/mol. The topological polar surface area (TPSA) is 62.0 Å². The Hall–Kier alpha value is -2.67. The summed E-state index contributed by atoms with van der Waals surface area (Å²) in [4.78, 5) is 4.46. The minimum absolute atomic E-state index is 0.104. The smallest absolute Gasteiger partial charge is 0.232 e. The molecule has 1 N–H and O–H groups in total. The zero-order valence-electron chi connectivity index (χ0n) is 20.6. The van der Waals surface area contributed by atoms with Gasteiger partial charge in [0.2, 0.25) is 5.88 Å². The first-order valence-corrected chi connectivity index (χ1v) is 12.3. The molecule has 4 rings (SSSR count). The van der Waals surface area contributed by atoms with Gasteiger partial charge in [0.15, 0.2) is 0 Å². The van der Waals surface area contributed by atoms with Gasteiger partial charge in [-0.1, -0.05) is 65.8 Å². The fourth-order valence-electron chi connectivity index (χ4n) is 4.24. The number of aliphatic hydroxyl groups is 1. The number of anilines is 1. The first kappa shape index (κ1) is 24.5. The van der Waals surface area contributed by atoms with Crippen LogP contribution >= 0.6 is 0 Å². The summed E-state index contributed by atoms with van der Waals surface area (Å²) in [6, 6.07) is 20.6. The Morgan fingerprint density at radius 3 is 2.35 bits per heavy atom. The summed E-state index contributed by atoms with van der Waals surface area (Å²) in [6.07, 6.45) is 2.08. The Bertz CT molecular complexity index is 1000. The second-order valence-corrected chi connectivity index (χ2v) is 9.70. The third kappa shape index (κ3) is 6.92. The lowest BCUT2D eigenvalue weighted by atomic mass is 10.1. The van der Waals surface area contributed by atoms with Crippen LogP contribution in [0.4, 0.5) is 5.88 Å². The summed E-state index contributed by atoms with van der Waals surface area (Å²) in [6.45, 7) is 7.24. The summed E-state index contributed by atoms with van der Waals surface area (Å²) in [5, 5.41) is 15.2. The van der Waals surface area contributed by atoms with Gasteiger partial charge in [-0.2, -0.15) is 0 Å². The third-order valence-corrected chi connectivity index (χ3v) is 6.11. The van der Waals surface area contributed by atoms with Crippen molar-refractivity contribution < 1.29 is 14.4 Å². The van der Waals surface area contributed by atoms with E-state index in [4.69, 9.17) is 9.26 Å². The molecule has 0 amide bonds. The maximum atomic E-state index is 10.7. The molecular formula is C28H37N3O3. The number of benzene rings is 2. The van der Waals surface area contributed by atoms with Crippen molar-refractivity contribution in [2.24, 2.45) is 5.92 Å². The highest BCUT2D eigenvalue weighted by Gasteiger charge is 2.29. The Labute approximate surface area is 203 Å². The molecule has 1 aliphatic rings. The maximum absolute atomic E-state index is 10.7. The molecule has 6 heteroatoms. The van der Waals surface area contributed by atoms with Gasteiger partial charge in [0.25, 0.3) is 0 Å². The molecule has 1 unspecified atom stereocenters. The highest BCUT2D eigenvalue weighted by Crippen LogP contribution is 2.35. The van der Waals surface area contributed by atoms with Crippen molar-refractivity contribution in [3.8, 4) is 11.3 Å². The van der Waals surface area contributed by atoms with E-state index in [1.807, 2.05) is 45.2 Å². The predicted molar refractivity (Wildman–Crippen MR) is 136 cm³/mol. The largest absolute Gasteiger partial charge is 0.389 e. The van der Waals surface area contributed by atoms with E-state index in [0.717, 1.165) is 35.8 Å². The number of hydrogen-bond acceptors (Lipinski definition) is 6. The third-order valence-electron chi connectivity index (χ3n) is 6.11. The number of aromatic nitrogens is 1. The van der Waals surface area contributed by atoms with E-state index in [0.29, 0.717) is 25.6 Å². The van der Waals surface area contributed by atoms with E-state index in [1.165, 1.54) is 18.4 Å². The molecule has 0 saturated heterocycles. The van der Waals surface area contributed by atoms with Crippen molar-refractivity contribution in [1.82, 2.24) is 10.1 Å². The standard InChI is InChI=1S/C28H37N3O3/c1-21(2)33-20-25(32)18-31(17-23-14-15-23)19-26-27(24-12-8-5-9-13-24)29-34-28(26)30(3)16-22-10-6-4-7-11-22/h4-13,21,23,25,32H,14-20H2,1-3H3. The van der Waals surface area contributed by atoms with E-state index in [-0.39, 0.29) is 6.10 Å². The van der Waals surface area contributed by atoms with Crippen molar-refractivity contribution in [2.45, 2.75) is 52.0 Å². The monoisotopic (exact) mass is 463 g/mol. The number of hydrogen-bond donors (Lipinski definition) is 1. The van der Waals surface area contributed by atoms with Gasteiger partial charge in [-0.05, 0) is 38.2 Å². The number of nitrogens with zero attached hydrogens (tertiary/aromatic N) is 3. The molecule has 1 aliphatic carbocycles. The molecule has 182 valence electrons. The molecule has 1 saturated carbocycles. The van der Waals surface area contributed by atoms with E-state index in [1.54, 1.807) is 0 Å². The first-order chi connectivity index (χ1) is 16.5. The Kier molecular flexibility index (Phi) is 8.38. The van der Waals surface area contributed by atoms with E-state index in [9.17, 15) is 5.11 Å². The fourth-order valence-corrected chi connectivity index (χ4v) is 4.24. The van der Waals surface area contributed by atoms with Crippen LogP contribution in [0.1, 0.15) is 37.8 Å². The molecule has 0 aliphatic heterocycles. The fraction of sp³-hybridized carbons (Fsp3) is 0.464. The highest BCUT2D eigenvalue weighted by atomic mass is 16.5. The molecule has 1 heterocycles. The Morgan fingerprint density at radius 1 is 1.03 bits per heavy atom. The number of rotatable bonds is 13. The van der Waals surface area contributed by atoms with E-state index < -0.39 is 6.10 Å². The van der Waals surface area contributed by atoms with Gasteiger partial charge in [-0.25, -0.2) is 0 Å². The molecule has 0 spiro atoms. The molecule has 0 bridgehead atoms. The van der Waals surface area contributed by atoms with Crippen molar-refractivity contribution in [3.63, 3.8) is 0 Å². The van der Waals surface area contributed by atoms with Crippen LogP contribution in [0.15, 0.2) is 65.2 Å². The van der Waals surface area contributed by atoms with E-state index in [2.05, 4.69) is 51.4 Å². The van der Waals surface area contributed by atoms with Crippen LogP contribution in [0.2, 0.25) is 0 Å². The van der Waals surface area contributed by atoms with Crippen LogP contribution in [0.3, 0.4) is 0 Å². The summed E-state index contributed by atoms with van der Waals surface area (Å²) in [5.41, 5.74) is 4.17. The molecule has 1 fully saturated rings. The number of aliphatic hydroxyl groups excluding tert-OH is 1. The zero-order chi connectivity index (χ0) is 23.9. The SMILES string of the molecule is CC(C)OCC(O)CN(Cc1c(-c2ccccc2)noc1N(C)Cc1ccccc1)CC1CC1. The van der Waals surface area contributed by atoms with Crippen LogP contribution in [0.5, 0.6) is 0 Å². The highest BCUT2D eigenvalue weighted by molar-refractivity contribution is 5.68. The van der Waals surface area contributed by atoms with Gasteiger partial charge in [-0.3, -0.25) is 4.90 Å². The van der Waals surface area contributed by atoms with Gasteiger partial charge in [-0.15, -0.1) is 0 Å². The lowest BCUT2D eigenvalue weighted by molar-refractivity contribution is -0.0100. The normalized spacial score (nSPS) is 14.6. The predicted octanol–water partition coefficient (Wildman–Crippen LogP) is 4.98. The van der Waals surface area contributed by atoms with E-state index >= 15 is 0 Å². The molecule has 0 radical (unpaired) electrons. The van der Waals surface area contributed by atoms with Crippen LogP contribution in [0, 0.1) is 5.92 Å². The van der Waals surface area contributed by atoms with Crippen LogP contribution < -0.4 is 4.90 Å². The van der Waals surface area contributed by atoms with Crippen LogP contribution in [0.25, 0.3) is 11.3 Å². The maximum Gasteiger partial charge on any atom is 0.232 e. The molecule has 6 nitrogen and oxygen atoms in total. The van der Waals surface area contributed by atoms with Crippen molar-refractivity contribution in [1.29, 1.82) is 0 Å².